The van der Waals surface area contributed by atoms with Crippen molar-refractivity contribution in [3.05, 3.63) is 29.3 Å². The van der Waals surface area contributed by atoms with Gasteiger partial charge in [0.15, 0.2) is 0 Å². The van der Waals surface area contributed by atoms with Crippen molar-refractivity contribution >= 4 is 11.6 Å². The first-order valence-corrected chi connectivity index (χ1v) is 4.67. The van der Waals surface area contributed by atoms with Gasteiger partial charge in [-0.15, -0.1) is 0 Å². The highest BCUT2D eigenvalue weighted by Crippen LogP contribution is 2.21. The molecule has 1 aromatic rings. The summed E-state index contributed by atoms with van der Waals surface area (Å²) in [5.41, 5.74) is 8.15. The third-order valence-electron chi connectivity index (χ3n) is 2.33. The molecule has 0 aromatic heterocycles. The molecule has 4 heteroatoms. The highest BCUT2D eigenvalue weighted by Gasteiger charge is 2.16. The molecular weight excluding hydrogens is 178 g/mol. The van der Waals surface area contributed by atoms with Crippen LogP contribution in [0.1, 0.15) is 15.9 Å². The lowest BCUT2D eigenvalue weighted by Gasteiger charge is -2.10. The van der Waals surface area contributed by atoms with Crippen molar-refractivity contribution in [2.24, 2.45) is 5.73 Å². The lowest BCUT2D eigenvalue weighted by Crippen LogP contribution is -2.24. The Kier molecular flexibility index (Phi) is 2.37. The molecular formula is C10H13N3O. The quantitative estimate of drug-likeness (QED) is 0.598. The second kappa shape index (κ2) is 3.67. The molecule has 1 amide bonds. The van der Waals surface area contributed by atoms with E-state index in [9.17, 15) is 4.79 Å². The summed E-state index contributed by atoms with van der Waals surface area (Å²) in [6.07, 6.45) is 0. The zero-order valence-corrected chi connectivity index (χ0v) is 7.84. The maximum absolute atomic E-state index is 11.6. The Labute approximate surface area is 82.5 Å². The van der Waals surface area contributed by atoms with Gasteiger partial charge in [0, 0.05) is 19.6 Å². The molecule has 0 unspecified atom stereocenters. The fourth-order valence-electron chi connectivity index (χ4n) is 1.63. The number of hydrogen-bond donors (Lipinski definition) is 3. The van der Waals surface area contributed by atoms with Gasteiger partial charge in [-0.2, -0.15) is 0 Å². The Balaban J connectivity index is 2.51. The Bertz CT molecular complexity index is 362. The van der Waals surface area contributed by atoms with Gasteiger partial charge in [0.1, 0.15) is 0 Å². The van der Waals surface area contributed by atoms with E-state index in [4.69, 9.17) is 5.73 Å². The smallest absolute Gasteiger partial charge is 0.253 e. The number of nitrogens with one attached hydrogen (secondary N) is 2. The third-order valence-corrected chi connectivity index (χ3v) is 2.33. The molecule has 0 bridgehead atoms. The number of amides is 1. The molecule has 14 heavy (non-hydrogen) atoms. The number of carbonyl (C=O) groups excluding carboxylic acids is 1. The summed E-state index contributed by atoms with van der Waals surface area (Å²) in [6, 6.07) is 5.60. The van der Waals surface area contributed by atoms with Crippen molar-refractivity contribution in [1.82, 2.24) is 5.32 Å². The van der Waals surface area contributed by atoms with Gasteiger partial charge in [-0.25, -0.2) is 0 Å². The van der Waals surface area contributed by atoms with Gasteiger partial charge >= 0.3 is 0 Å². The van der Waals surface area contributed by atoms with Gasteiger partial charge in [-0.1, -0.05) is 12.1 Å². The van der Waals surface area contributed by atoms with Crippen molar-refractivity contribution in [3.8, 4) is 0 Å². The largest absolute Gasteiger partial charge is 0.382 e. The van der Waals surface area contributed by atoms with Gasteiger partial charge in [0.25, 0.3) is 5.91 Å². The number of para-hydroxylation sites is 1. The highest BCUT2D eigenvalue weighted by molar-refractivity contribution is 6.00. The normalized spacial score (nSPS) is 15.1. The van der Waals surface area contributed by atoms with Crippen LogP contribution in [0, 0.1) is 0 Å². The molecule has 0 aliphatic carbocycles. The lowest BCUT2D eigenvalue weighted by molar-refractivity contribution is 0.0958. The van der Waals surface area contributed by atoms with Crippen LogP contribution in [0.4, 0.5) is 5.69 Å². The molecule has 1 aliphatic rings. The first-order chi connectivity index (χ1) is 6.83. The molecule has 4 N–H and O–H groups in total. The molecule has 0 fully saturated rings. The van der Waals surface area contributed by atoms with Crippen LogP contribution >= 0.6 is 0 Å². The predicted molar refractivity (Wildman–Crippen MR) is 55.2 cm³/mol. The van der Waals surface area contributed by atoms with Crippen molar-refractivity contribution in [3.63, 3.8) is 0 Å². The van der Waals surface area contributed by atoms with Crippen molar-refractivity contribution < 1.29 is 4.79 Å². The summed E-state index contributed by atoms with van der Waals surface area (Å²) < 4.78 is 0. The van der Waals surface area contributed by atoms with Gasteiger partial charge in [0.05, 0.1) is 11.3 Å². The SMILES string of the molecule is NCc1cccc2c1NCCNC2=O. The minimum atomic E-state index is -0.0275. The fraction of sp³-hybridized carbons (Fsp3) is 0.300. The second-order valence-electron chi connectivity index (χ2n) is 3.23. The van der Waals surface area contributed by atoms with Crippen molar-refractivity contribution in [1.29, 1.82) is 0 Å². The van der Waals surface area contributed by atoms with E-state index >= 15 is 0 Å². The Hall–Kier alpha value is -1.55. The molecule has 2 rings (SSSR count). The summed E-state index contributed by atoms with van der Waals surface area (Å²) in [6.45, 7) is 1.84. The van der Waals surface area contributed by atoms with Crippen LogP contribution < -0.4 is 16.4 Å². The first-order valence-electron chi connectivity index (χ1n) is 4.67. The van der Waals surface area contributed by atoms with Crippen LogP contribution in [-0.4, -0.2) is 19.0 Å². The topological polar surface area (TPSA) is 67.2 Å². The third kappa shape index (κ3) is 1.44. The van der Waals surface area contributed by atoms with Crippen LogP contribution in [0.25, 0.3) is 0 Å². The number of fused-ring (bicyclic) bond motifs is 1. The maximum Gasteiger partial charge on any atom is 0.253 e. The maximum atomic E-state index is 11.6. The summed E-state index contributed by atoms with van der Waals surface area (Å²) in [4.78, 5) is 11.6. The van der Waals surface area contributed by atoms with E-state index in [0.29, 0.717) is 18.7 Å². The van der Waals surface area contributed by atoms with Crippen LogP contribution in [0.3, 0.4) is 0 Å². The number of rotatable bonds is 1. The van der Waals surface area contributed by atoms with Gasteiger partial charge in [0.2, 0.25) is 0 Å². The molecule has 0 saturated carbocycles. The number of nitrogens with two attached hydrogens (primary N) is 1. The molecule has 74 valence electrons. The minimum Gasteiger partial charge on any atom is -0.382 e. The van der Waals surface area contributed by atoms with Crippen molar-refractivity contribution in [2.45, 2.75) is 6.54 Å². The highest BCUT2D eigenvalue weighted by atomic mass is 16.1. The average Bonchev–Trinajstić information content (AvgIpc) is 2.41. The van der Waals surface area contributed by atoms with E-state index in [1.54, 1.807) is 0 Å². The van der Waals surface area contributed by atoms with Crippen LogP contribution in [0.5, 0.6) is 0 Å². The Morgan fingerprint density at radius 1 is 1.29 bits per heavy atom. The van der Waals surface area contributed by atoms with Gasteiger partial charge < -0.3 is 16.4 Å². The number of anilines is 1. The fourth-order valence-corrected chi connectivity index (χ4v) is 1.63. The number of benzene rings is 1. The Morgan fingerprint density at radius 2 is 2.07 bits per heavy atom. The standard InChI is InChI=1S/C10H13N3O/c11-6-7-2-1-3-8-9(7)12-4-5-13-10(8)14/h1-3,12H,4-6,11H2,(H,13,14). The molecule has 0 saturated heterocycles. The van der Waals surface area contributed by atoms with Crippen molar-refractivity contribution in [2.75, 3.05) is 18.4 Å². The molecule has 1 aliphatic heterocycles. The molecule has 0 radical (unpaired) electrons. The zero-order chi connectivity index (χ0) is 9.97. The molecule has 4 nitrogen and oxygen atoms in total. The van der Waals surface area contributed by atoms with E-state index in [0.717, 1.165) is 17.8 Å². The second-order valence-corrected chi connectivity index (χ2v) is 3.23. The molecule has 1 heterocycles. The zero-order valence-electron chi connectivity index (χ0n) is 7.84. The van der Waals surface area contributed by atoms with Crippen LogP contribution in [-0.2, 0) is 6.54 Å². The lowest BCUT2D eigenvalue weighted by atomic mass is 10.1. The van der Waals surface area contributed by atoms with E-state index in [1.165, 1.54) is 0 Å². The minimum absolute atomic E-state index is 0.0275. The average molecular weight is 191 g/mol. The number of carbonyl (C=O) groups is 1. The van der Waals surface area contributed by atoms with Crippen LogP contribution in [0.2, 0.25) is 0 Å². The molecule has 0 atom stereocenters. The van der Waals surface area contributed by atoms with E-state index in [1.807, 2.05) is 18.2 Å². The van der Waals surface area contributed by atoms with Crippen LogP contribution in [0.15, 0.2) is 18.2 Å². The summed E-state index contributed by atoms with van der Waals surface area (Å²) >= 11 is 0. The molecule has 0 spiro atoms. The first kappa shape index (κ1) is 9.02. The monoisotopic (exact) mass is 191 g/mol. The summed E-state index contributed by atoms with van der Waals surface area (Å²) in [7, 11) is 0. The van der Waals surface area contributed by atoms with E-state index < -0.39 is 0 Å². The van der Waals surface area contributed by atoms with E-state index in [2.05, 4.69) is 10.6 Å². The molecule has 1 aromatic carbocycles. The summed E-state index contributed by atoms with van der Waals surface area (Å²) in [5.74, 6) is -0.0275. The van der Waals surface area contributed by atoms with E-state index in [-0.39, 0.29) is 5.91 Å². The Morgan fingerprint density at radius 3 is 2.86 bits per heavy atom. The number of hydrogen-bond acceptors (Lipinski definition) is 3. The summed E-state index contributed by atoms with van der Waals surface area (Å²) in [5, 5.41) is 6.02. The van der Waals surface area contributed by atoms with Gasteiger partial charge in [-0.3, -0.25) is 4.79 Å². The predicted octanol–water partition coefficient (Wildman–Crippen LogP) is 0.301. The van der Waals surface area contributed by atoms with Gasteiger partial charge in [-0.05, 0) is 11.6 Å².